The molecule has 1 heterocycles. The molecule has 0 saturated carbocycles. The van der Waals surface area contributed by atoms with Crippen LogP contribution in [-0.2, 0) is 0 Å². The zero-order chi connectivity index (χ0) is 14.7. The third kappa shape index (κ3) is 2.94. The molecule has 0 saturated heterocycles. The van der Waals surface area contributed by atoms with Gasteiger partial charge in [-0.2, -0.15) is 0 Å². The van der Waals surface area contributed by atoms with E-state index >= 15 is 0 Å². The number of anilines is 1. The Morgan fingerprint density at radius 3 is 2.65 bits per heavy atom. The van der Waals surface area contributed by atoms with Crippen molar-refractivity contribution in [2.45, 2.75) is 6.92 Å². The fourth-order valence-corrected chi connectivity index (χ4v) is 1.49. The van der Waals surface area contributed by atoms with E-state index in [1.165, 1.54) is 24.3 Å². The average molecular weight is 275 g/mol. The molecule has 0 aliphatic rings. The van der Waals surface area contributed by atoms with Crippen molar-refractivity contribution < 1.29 is 14.1 Å². The number of nitro groups is 1. The highest BCUT2D eigenvalue weighted by Gasteiger charge is 2.10. The van der Waals surface area contributed by atoms with Crippen molar-refractivity contribution in [3.05, 3.63) is 63.6 Å². The molecule has 2 aromatic rings. The van der Waals surface area contributed by atoms with E-state index in [0.29, 0.717) is 5.56 Å². The van der Waals surface area contributed by atoms with Crippen LogP contribution in [-0.4, -0.2) is 15.8 Å². The molecule has 2 rings (SSSR count). The number of carbonyl (C=O) groups is 1. The Morgan fingerprint density at radius 1 is 1.35 bits per heavy atom. The molecule has 0 bridgehead atoms. The lowest BCUT2D eigenvalue weighted by Gasteiger charge is -2.05. The van der Waals surface area contributed by atoms with E-state index in [1.807, 2.05) is 0 Å². The number of pyridine rings is 1. The zero-order valence-electron chi connectivity index (χ0n) is 10.5. The van der Waals surface area contributed by atoms with Crippen molar-refractivity contribution in [3.8, 4) is 0 Å². The van der Waals surface area contributed by atoms with Gasteiger partial charge in [0.2, 0.25) is 0 Å². The number of benzene rings is 1. The van der Waals surface area contributed by atoms with Gasteiger partial charge in [-0.3, -0.25) is 14.9 Å². The topological polar surface area (TPSA) is 85.1 Å². The monoisotopic (exact) mass is 275 g/mol. The van der Waals surface area contributed by atoms with Crippen molar-refractivity contribution in [2.24, 2.45) is 0 Å². The van der Waals surface area contributed by atoms with E-state index < -0.39 is 16.6 Å². The van der Waals surface area contributed by atoms with Crippen LogP contribution < -0.4 is 5.32 Å². The Bertz CT molecular complexity index is 671. The number of nitrogens with one attached hydrogen (secondary N) is 1. The molecule has 0 spiro atoms. The minimum absolute atomic E-state index is 0.147. The molecule has 1 aromatic carbocycles. The smallest absolute Gasteiger partial charge is 0.287 e. The highest BCUT2D eigenvalue weighted by Crippen LogP contribution is 2.14. The highest BCUT2D eigenvalue weighted by atomic mass is 19.1. The zero-order valence-corrected chi connectivity index (χ0v) is 10.5. The largest absolute Gasteiger partial charge is 0.307 e. The summed E-state index contributed by atoms with van der Waals surface area (Å²) >= 11 is 0. The van der Waals surface area contributed by atoms with Crippen LogP contribution in [0, 0.1) is 22.9 Å². The van der Waals surface area contributed by atoms with Crippen LogP contribution in [0.1, 0.15) is 15.9 Å². The van der Waals surface area contributed by atoms with Crippen LogP contribution >= 0.6 is 0 Å². The predicted molar refractivity (Wildman–Crippen MR) is 70.0 cm³/mol. The van der Waals surface area contributed by atoms with Gasteiger partial charge in [0.05, 0.1) is 4.92 Å². The number of halogens is 1. The standard InChI is InChI=1S/C13H10FN3O3/c1-8-2-3-9(6-11(8)14)13(18)16-12-5-4-10(7-15-12)17(19)20/h2-7H,1H3,(H,15,16,18). The van der Waals surface area contributed by atoms with Gasteiger partial charge in [0.15, 0.2) is 0 Å². The molecule has 0 aliphatic carbocycles. The van der Waals surface area contributed by atoms with Crippen molar-refractivity contribution in [3.63, 3.8) is 0 Å². The molecular weight excluding hydrogens is 265 g/mol. The summed E-state index contributed by atoms with van der Waals surface area (Å²) < 4.78 is 13.3. The number of hydrogen-bond acceptors (Lipinski definition) is 4. The Morgan fingerprint density at radius 2 is 2.10 bits per heavy atom. The Hall–Kier alpha value is -2.83. The summed E-state index contributed by atoms with van der Waals surface area (Å²) in [6, 6.07) is 6.63. The first-order valence-corrected chi connectivity index (χ1v) is 5.65. The first-order valence-electron chi connectivity index (χ1n) is 5.65. The van der Waals surface area contributed by atoms with Gasteiger partial charge in [0.25, 0.3) is 11.6 Å². The van der Waals surface area contributed by atoms with E-state index in [2.05, 4.69) is 10.3 Å². The molecule has 6 nitrogen and oxygen atoms in total. The number of nitrogens with zero attached hydrogens (tertiary/aromatic N) is 2. The van der Waals surface area contributed by atoms with Gasteiger partial charge < -0.3 is 5.32 Å². The molecule has 0 aliphatic heterocycles. The van der Waals surface area contributed by atoms with Crippen LogP contribution in [0.3, 0.4) is 0 Å². The van der Waals surface area contributed by atoms with Crippen LogP contribution in [0.15, 0.2) is 36.5 Å². The minimum Gasteiger partial charge on any atom is -0.307 e. The fourth-order valence-electron chi connectivity index (χ4n) is 1.49. The summed E-state index contributed by atoms with van der Waals surface area (Å²) in [7, 11) is 0. The fraction of sp³-hybridized carbons (Fsp3) is 0.0769. The molecular formula is C13H10FN3O3. The summed E-state index contributed by atoms with van der Waals surface area (Å²) in [6.07, 6.45) is 1.03. The maximum absolute atomic E-state index is 13.3. The summed E-state index contributed by atoms with van der Waals surface area (Å²) in [4.78, 5) is 25.5. The molecule has 0 atom stereocenters. The molecule has 0 fully saturated rings. The first-order chi connectivity index (χ1) is 9.47. The van der Waals surface area contributed by atoms with Gasteiger partial charge in [-0.15, -0.1) is 0 Å². The highest BCUT2D eigenvalue weighted by molar-refractivity contribution is 6.03. The van der Waals surface area contributed by atoms with E-state index in [0.717, 1.165) is 12.3 Å². The molecule has 0 unspecified atom stereocenters. The van der Waals surface area contributed by atoms with Crippen molar-refractivity contribution >= 4 is 17.4 Å². The number of carbonyl (C=O) groups excluding carboxylic acids is 1. The molecule has 0 radical (unpaired) electrons. The number of aryl methyl sites for hydroxylation is 1. The second-order valence-electron chi connectivity index (χ2n) is 4.08. The normalized spacial score (nSPS) is 10.1. The molecule has 102 valence electrons. The van der Waals surface area contributed by atoms with Crippen LogP contribution in [0.2, 0.25) is 0 Å². The van der Waals surface area contributed by atoms with Crippen molar-refractivity contribution in [2.75, 3.05) is 5.32 Å². The molecule has 20 heavy (non-hydrogen) atoms. The van der Waals surface area contributed by atoms with Crippen LogP contribution in [0.5, 0.6) is 0 Å². The average Bonchev–Trinajstić information content (AvgIpc) is 2.42. The second kappa shape index (κ2) is 5.43. The maximum Gasteiger partial charge on any atom is 0.287 e. The summed E-state index contributed by atoms with van der Waals surface area (Å²) in [5, 5.41) is 12.9. The Labute approximate surface area is 113 Å². The van der Waals surface area contributed by atoms with E-state index in [1.54, 1.807) is 6.92 Å². The van der Waals surface area contributed by atoms with Gasteiger partial charge in [-0.1, -0.05) is 6.07 Å². The molecule has 1 N–H and O–H groups in total. The van der Waals surface area contributed by atoms with Crippen LogP contribution in [0.4, 0.5) is 15.9 Å². The van der Waals surface area contributed by atoms with E-state index in [9.17, 15) is 19.3 Å². The molecule has 1 amide bonds. The van der Waals surface area contributed by atoms with Gasteiger partial charge in [0, 0.05) is 11.6 Å². The van der Waals surface area contributed by atoms with E-state index in [-0.39, 0.29) is 17.1 Å². The number of amides is 1. The maximum atomic E-state index is 13.3. The lowest BCUT2D eigenvalue weighted by atomic mass is 10.1. The number of hydrogen-bond donors (Lipinski definition) is 1. The lowest BCUT2D eigenvalue weighted by molar-refractivity contribution is -0.385. The minimum atomic E-state index is -0.589. The SMILES string of the molecule is Cc1ccc(C(=O)Nc2ccc([N+](=O)[O-])cn2)cc1F. The van der Waals surface area contributed by atoms with E-state index in [4.69, 9.17) is 0 Å². The third-order valence-corrected chi connectivity index (χ3v) is 2.63. The van der Waals surface area contributed by atoms with Gasteiger partial charge >= 0.3 is 0 Å². The van der Waals surface area contributed by atoms with Gasteiger partial charge in [0.1, 0.15) is 17.8 Å². The van der Waals surface area contributed by atoms with Gasteiger partial charge in [-0.25, -0.2) is 9.37 Å². The van der Waals surface area contributed by atoms with Crippen molar-refractivity contribution in [1.82, 2.24) is 4.98 Å². The Balaban J connectivity index is 2.14. The lowest BCUT2D eigenvalue weighted by Crippen LogP contribution is -2.13. The quantitative estimate of drug-likeness (QED) is 0.689. The number of aromatic nitrogens is 1. The number of rotatable bonds is 3. The summed E-state index contributed by atoms with van der Waals surface area (Å²) in [5.74, 6) is -0.860. The first kappa shape index (κ1) is 13.6. The summed E-state index contributed by atoms with van der Waals surface area (Å²) in [5.41, 5.74) is 0.410. The van der Waals surface area contributed by atoms with Crippen LogP contribution in [0.25, 0.3) is 0 Å². The summed E-state index contributed by atoms with van der Waals surface area (Å²) in [6.45, 7) is 1.59. The molecule has 1 aromatic heterocycles. The molecule has 7 heteroatoms. The van der Waals surface area contributed by atoms with Gasteiger partial charge in [-0.05, 0) is 30.7 Å². The van der Waals surface area contributed by atoms with Crippen molar-refractivity contribution in [1.29, 1.82) is 0 Å². The predicted octanol–water partition coefficient (Wildman–Crippen LogP) is 2.69. The third-order valence-electron chi connectivity index (χ3n) is 2.63. The second-order valence-corrected chi connectivity index (χ2v) is 4.08. The Kier molecular flexibility index (Phi) is 3.69.